The number of methoxy groups -OCH3 is 2. The smallest absolute Gasteiger partial charge is 0.329 e. The Morgan fingerprint density at radius 2 is 1.70 bits per heavy atom. The first kappa shape index (κ1) is 44.8. The standard InChI is InChI=1S/C42H66BrNO10/c1-9-30-19-24(2)18-25(3)20-35(51-7)38-36(52-8)22-28(6)42(50,54-38)39(47)40(48)44-17-11-10-12-32(44)41(49)53-37(26(4)13-16-33(30)45)27(5)21-29-14-15-31(43)34(46)23-29/h19,21,25-26,28-32,34-38,46,50H,9-18,20,22-23H2,1-8H3/b24-19+,27-21?. The average Bonchev–Trinajstić information content (AvgIpc) is 3.15. The molecule has 3 aliphatic heterocycles. The van der Waals surface area contributed by atoms with Crippen LogP contribution in [0.2, 0.25) is 0 Å². The molecule has 0 radical (unpaired) electrons. The molecule has 2 saturated heterocycles. The second-order valence-corrected chi connectivity index (χ2v) is 18.0. The lowest BCUT2D eigenvalue weighted by Crippen LogP contribution is -2.64. The van der Waals surface area contributed by atoms with Gasteiger partial charge in [0.25, 0.3) is 11.7 Å². The quantitative estimate of drug-likeness (QED) is 0.141. The highest BCUT2D eigenvalue weighted by molar-refractivity contribution is 9.09. The summed E-state index contributed by atoms with van der Waals surface area (Å²) in [6.07, 6.45) is 7.80. The first-order chi connectivity index (χ1) is 25.5. The van der Waals surface area contributed by atoms with Gasteiger partial charge in [-0.3, -0.25) is 14.4 Å². The van der Waals surface area contributed by atoms with Gasteiger partial charge in [-0.15, -0.1) is 0 Å². The molecule has 0 aromatic rings. The van der Waals surface area contributed by atoms with Crippen LogP contribution in [0.5, 0.6) is 0 Å². The van der Waals surface area contributed by atoms with Crippen LogP contribution in [0.1, 0.15) is 119 Å². The second kappa shape index (κ2) is 19.9. The Kier molecular flexibility index (Phi) is 16.5. The highest BCUT2D eigenvalue weighted by Gasteiger charge is 2.56. The fourth-order valence-corrected chi connectivity index (χ4v) is 9.62. The predicted molar refractivity (Wildman–Crippen MR) is 209 cm³/mol. The summed E-state index contributed by atoms with van der Waals surface area (Å²) < 4.78 is 24.3. The number of hydrogen-bond acceptors (Lipinski definition) is 10. The van der Waals surface area contributed by atoms with E-state index in [2.05, 4.69) is 35.0 Å². The van der Waals surface area contributed by atoms with Crippen molar-refractivity contribution >= 4 is 39.4 Å². The lowest BCUT2D eigenvalue weighted by Gasteiger charge is -2.47. The first-order valence-electron chi connectivity index (χ1n) is 20.3. The van der Waals surface area contributed by atoms with Gasteiger partial charge in [0.05, 0.1) is 18.3 Å². The minimum absolute atomic E-state index is 0.0399. The third-order valence-corrected chi connectivity index (χ3v) is 13.5. The van der Waals surface area contributed by atoms with Gasteiger partial charge in [-0.25, -0.2) is 4.79 Å². The van der Waals surface area contributed by atoms with Crippen molar-refractivity contribution in [3.63, 3.8) is 0 Å². The normalized spacial score (nSPS) is 41.3. The predicted octanol–water partition coefficient (Wildman–Crippen LogP) is 6.25. The van der Waals surface area contributed by atoms with Crippen molar-refractivity contribution < 1.29 is 48.3 Å². The van der Waals surface area contributed by atoms with Crippen molar-refractivity contribution in [2.75, 3.05) is 20.8 Å². The number of hydrogen-bond donors (Lipinski definition) is 2. The number of allylic oxidation sites excluding steroid dienone is 3. The molecule has 54 heavy (non-hydrogen) atoms. The molecule has 1 saturated carbocycles. The molecule has 1 amide bonds. The molecule has 3 fully saturated rings. The van der Waals surface area contributed by atoms with E-state index < -0.39 is 65.9 Å². The van der Waals surface area contributed by atoms with Crippen molar-refractivity contribution in [2.24, 2.45) is 29.6 Å². The summed E-state index contributed by atoms with van der Waals surface area (Å²) in [6, 6.07) is -1.03. The van der Waals surface area contributed by atoms with Crippen LogP contribution in [0.25, 0.3) is 0 Å². The van der Waals surface area contributed by atoms with E-state index >= 15 is 0 Å². The van der Waals surface area contributed by atoms with Gasteiger partial charge in [-0.1, -0.05) is 61.4 Å². The molecule has 3 heterocycles. The second-order valence-electron chi connectivity index (χ2n) is 16.8. The number of amides is 1. The van der Waals surface area contributed by atoms with Gasteiger partial charge < -0.3 is 34.1 Å². The molecule has 12 heteroatoms. The van der Waals surface area contributed by atoms with Gasteiger partial charge >= 0.3 is 5.97 Å². The SMILES string of the molecule is CCC1/C=C(\C)CC(C)CC(OC)C2OC(O)(C(=O)C(=O)N3CCCCC3C(=O)OC(C(C)=CC3CCC(Br)C(O)C3)C(C)CCC1=O)C(C)CC2OC. The topological polar surface area (TPSA) is 149 Å². The molecule has 11 nitrogen and oxygen atoms in total. The monoisotopic (exact) mass is 823 g/mol. The maximum Gasteiger partial charge on any atom is 0.329 e. The van der Waals surface area contributed by atoms with E-state index in [1.54, 1.807) is 21.1 Å². The Morgan fingerprint density at radius 3 is 2.35 bits per heavy atom. The van der Waals surface area contributed by atoms with E-state index in [0.29, 0.717) is 57.8 Å². The third-order valence-electron chi connectivity index (χ3n) is 12.4. The number of carbonyl (C=O) groups excluding carboxylic acids is 4. The number of piperidine rings is 1. The van der Waals surface area contributed by atoms with Gasteiger partial charge in [0, 0.05) is 43.8 Å². The number of ketones is 2. The molecule has 4 rings (SSSR count). The average molecular weight is 825 g/mol. The summed E-state index contributed by atoms with van der Waals surface area (Å²) in [5.74, 6) is -6.12. The third kappa shape index (κ3) is 10.7. The lowest BCUT2D eigenvalue weighted by molar-refractivity contribution is -0.302. The Hall–Kier alpha value is -1.96. The van der Waals surface area contributed by atoms with E-state index in [0.717, 1.165) is 24.0 Å². The van der Waals surface area contributed by atoms with Crippen molar-refractivity contribution in [1.29, 1.82) is 0 Å². The van der Waals surface area contributed by atoms with E-state index in [1.807, 2.05) is 27.7 Å². The molecule has 306 valence electrons. The Balaban J connectivity index is 1.73. The van der Waals surface area contributed by atoms with E-state index in [9.17, 15) is 29.4 Å². The number of alkyl halides is 1. The number of rotatable bonds is 5. The Morgan fingerprint density at radius 1 is 1.02 bits per heavy atom. The van der Waals surface area contributed by atoms with Gasteiger partial charge in [-0.05, 0) is 108 Å². The van der Waals surface area contributed by atoms with Crippen LogP contribution >= 0.6 is 15.9 Å². The maximum absolute atomic E-state index is 14.2. The van der Waals surface area contributed by atoms with Crippen molar-refractivity contribution in [3.8, 4) is 0 Å². The summed E-state index contributed by atoms with van der Waals surface area (Å²) in [4.78, 5) is 57.5. The highest BCUT2D eigenvalue weighted by Crippen LogP contribution is 2.39. The number of esters is 1. The van der Waals surface area contributed by atoms with Gasteiger partial charge in [-0.2, -0.15) is 0 Å². The number of fused-ring (bicyclic) bond motifs is 3. The van der Waals surface area contributed by atoms with E-state index in [1.165, 1.54) is 4.90 Å². The lowest BCUT2D eigenvalue weighted by atomic mass is 9.82. The molecule has 13 unspecified atom stereocenters. The molecule has 1 aliphatic carbocycles. The molecule has 4 aliphatic rings. The number of carbonyl (C=O) groups is 4. The fourth-order valence-electron chi connectivity index (χ4n) is 9.14. The highest BCUT2D eigenvalue weighted by atomic mass is 79.9. The number of aliphatic hydroxyl groups excluding tert-OH is 1. The number of Topliss-reactive ketones (excluding diaryl/α,β-unsaturated/α-hetero) is 2. The molecule has 2 N–H and O–H groups in total. The number of aliphatic hydroxyl groups is 2. The number of ether oxygens (including phenoxy) is 4. The first-order valence-corrected chi connectivity index (χ1v) is 21.2. The maximum atomic E-state index is 14.2. The van der Waals surface area contributed by atoms with Crippen LogP contribution in [0.3, 0.4) is 0 Å². The van der Waals surface area contributed by atoms with Crippen LogP contribution in [-0.4, -0.2) is 106 Å². The number of nitrogens with zero attached hydrogens (tertiary/aromatic N) is 1. The molecule has 0 aromatic carbocycles. The molecule has 13 atom stereocenters. The van der Waals surface area contributed by atoms with E-state index in [-0.39, 0.29) is 47.2 Å². The summed E-state index contributed by atoms with van der Waals surface area (Å²) in [5, 5.41) is 22.6. The number of cyclic esters (lactones) is 1. The Bertz CT molecular complexity index is 1380. The van der Waals surface area contributed by atoms with Crippen molar-refractivity contribution in [2.45, 2.75) is 166 Å². The number of halogens is 1. The van der Waals surface area contributed by atoms with Crippen LogP contribution in [0.15, 0.2) is 23.3 Å². The zero-order valence-corrected chi connectivity index (χ0v) is 35.3. The largest absolute Gasteiger partial charge is 0.456 e. The van der Waals surface area contributed by atoms with Crippen LogP contribution in [-0.2, 0) is 38.1 Å². The fraction of sp³-hybridized carbons (Fsp3) is 0.810. The minimum Gasteiger partial charge on any atom is -0.456 e. The van der Waals surface area contributed by atoms with Crippen molar-refractivity contribution in [3.05, 3.63) is 23.3 Å². The van der Waals surface area contributed by atoms with Gasteiger partial charge in [0.1, 0.15) is 24.0 Å². The minimum atomic E-state index is -2.46. The molecular formula is C42H66BrNO10. The summed E-state index contributed by atoms with van der Waals surface area (Å²) in [5.41, 5.74) is 1.91. The molecular weight excluding hydrogens is 758 g/mol. The Labute approximate surface area is 331 Å². The summed E-state index contributed by atoms with van der Waals surface area (Å²) >= 11 is 3.56. The van der Waals surface area contributed by atoms with Crippen LogP contribution in [0.4, 0.5) is 0 Å². The van der Waals surface area contributed by atoms with Crippen LogP contribution in [0, 0.1) is 29.6 Å². The van der Waals surface area contributed by atoms with E-state index in [4.69, 9.17) is 18.9 Å². The molecule has 2 bridgehead atoms. The molecule has 0 spiro atoms. The molecule has 0 aromatic heterocycles. The summed E-state index contributed by atoms with van der Waals surface area (Å²) in [6.45, 7) is 11.9. The van der Waals surface area contributed by atoms with Gasteiger partial charge in [0.15, 0.2) is 0 Å². The zero-order chi connectivity index (χ0) is 39.9. The zero-order valence-electron chi connectivity index (χ0n) is 33.8. The summed E-state index contributed by atoms with van der Waals surface area (Å²) in [7, 11) is 3.11. The van der Waals surface area contributed by atoms with Gasteiger partial charge in [0.2, 0.25) is 5.79 Å². The van der Waals surface area contributed by atoms with Crippen LogP contribution < -0.4 is 0 Å². The van der Waals surface area contributed by atoms with Crippen molar-refractivity contribution in [1.82, 2.24) is 4.90 Å².